The van der Waals surface area contributed by atoms with E-state index in [4.69, 9.17) is 0 Å². The van der Waals surface area contributed by atoms with Gasteiger partial charge in [-0.05, 0) is 24.6 Å². The molecule has 0 spiro atoms. The van der Waals surface area contributed by atoms with Crippen LogP contribution < -0.4 is 4.57 Å². The van der Waals surface area contributed by atoms with Crippen LogP contribution in [0.5, 0.6) is 0 Å². The predicted octanol–water partition coefficient (Wildman–Crippen LogP) is 2.49. The molecule has 1 heteroatoms. The van der Waals surface area contributed by atoms with E-state index in [1.54, 1.807) is 0 Å². The van der Waals surface area contributed by atoms with E-state index >= 15 is 0 Å². The van der Waals surface area contributed by atoms with Crippen molar-refractivity contribution in [1.29, 1.82) is 0 Å². The Kier molecular flexibility index (Phi) is 2.32. The molecule has 0 fully saturated rings. The summed E-state index contributed by atoms with van der Waals surface area (Å²) < 4.78 is 2.14. The molecule has 0 amide bonds. The van der Waals surface area contributed by atoms with E-state index in [-0.39, 0.29) is 0 Å². The zero-order chi connectivity index (χ0) is 9.97. The first-order valence-electron chi connectivity index (χ1n) is 4.79. The van der Waals surface area contributed by atoms with Crippen molar-refractivity contribution >= 4 is 0 Å². The summed E-state index contributed by atoms with van der Waals surface area (Å²) >= 11 is 0. The zero-order valence-corrected chi connectivity index (χ0v) is 8.57. The van der Waals surface area contributed by atoms with Gasteiger partial charge in [0.2, 0.25) is 5.69 Å². The van der Waals surface area contributed by atoms with Gasteiger partial charge in [-0.2, -0.15) is 0 Å². The Bertz CT molecular complexity index is 432. The molecule has 14 heavy (non-hydrogen) atoms. The number of rotatable bonds is 1. The van der Waals surface area contributed by atoms with E-state index < -0.39 is 0 Å². The first kappa shape index (κ1) is 8.95. The van der Waals surface area contributed by atoms with Crippen LogP contribution in [0.3, 0.4) is 0 Å². The highest BCUT2D eigenvalue weighted by Crippen LogP contribution is 2.14. The van der Waals surface area contributed by atoms with Gasteiger partial charge < -0.3 is 0 Å². The number of nitrogens with zero attached hydrogens (tertiary/aromatic N) is 1. The van der Waals surface area contributed by atoms with E-state index in [1.165, 1.54) is 16.8 Å². The molecule has 70 valence electrons. The molecule has 0 N–H and O–H groups in total. The standard InChI is InChI=1S/C13H14N/c1-11-8-9-14(2)13(10-11)12-6-4-3-5-7-12/h3-10H,1-2H3/q+1. The van der Waals surface area contributed by atoms with Crippen molar-refractivity contribution in [3.63, 3.8) is 0 Å². The van der Waals surface area contributed by atoms with E-state index in [1.807, 2.05) is 6.07 Å². The molecule has 0 saturated heterocycles. The number of pyridine rings is 1. The summed E-state index contributed by atoms with van der Waals surface area (Å²) in [4.78, 5) is 0. The Balaban J connectivity index is 2.57. The molecule has 0 unspecified atom stereocenters. The minimum atomic E-state index is 1.26. The second kappa shape index (κ2) is 3.62. The van der Waals surface area contributed by atoms with Crippen molar-refractivity contribution in [2.45, 2.75) is 6.92 Å². The Morgan fingerprint density at radius 1 is 1.00 bits per heavy atom. The van der Waals surface area contributed by atoms with Gasteiger partial charge in [-0.1, -0.05) is 18.2 Å². The molecule has 1 nitrogen and oxygen atoms in total. The molecule has 1 heterocycles. The molecule has 2 aromatic rings. The average Bonchev–Trinajstić information content (AvgIpc) is 2.23. The van der Waals surface area contributed by atoms with Crippen LogP contribution in [0.25, 0.3) is 11.3 Å². The predicted molar refractivity (Wildman–Crippen MR) is 57.8 cm³/mol. The Hall–Kier alpha value is -1.63. The maximum Gasteiger partial charge on any atom is 0.212 e. The monoisotopic (exact) mass is 184 g/mol. The van der Waals surface area contributed by atoms with Crippen molar-refractivity contribution < 1.29 is 4.57 Å². The van der Waals surface area contributed by atoms with Gasteiger partial charge in [0.25, 0.3) is 0 Å². The fraction of sp³-hybridized carbons (Fsp3) is 0.154. The van der Waals surface area contributed by atoms with Gasteiger partial charge in [0.05, 0.1) is 0 Å². The highest BCUT2D eigenvalue weighted by Gasteiger charge is 2.07. The molecule has 2 rings (SSSR count). The normalized spacial score (nSPS) is 10.1. The van der Waals surface area contributed by atoms with E-state index in [0.717, 1.165) is 0 Å². The van der Waals surface area contributed by atoms with Crippen molar-refractivity contribution in [3.05, 3.63) is 54.2 Å². The maximum absolute atomic E-state index is 2.20. The van der Waals surface area contributed by atoms with Crippen molar-refractivity contribution in [2.75, 3.05) is 0 Å². The van der Waals surface area contributed by atoms with E-state index in [9.17, 15) is 0 Å². The third-order valence-corrected chi connectivity index (χ3v) is 2.37. The Labute approximate surface area is 84.6 Å². The van der Waals surface area contributed by atoms with Gasteiger partial charge in [-0.3, -0.25) is 0 Å². The highest BCUT2D eigenvalue weighted by atomic mass is 14.9. The molecule has 0 bridgehead atoms. The summed E-state index contributed by atoms with van der Waals surface area (Å²) in [5, 5.41) is 0. The smallest absolute Gasteiger partial charge is 0.201 e. The molecule has 0 aliphatic rings. The summed E-state index contributed by atoms with van der Waals surface area (Å²) in [6.45, 7) is 2.12. The zero-order valence-electron chi connectivity index (χ0n) is 8.57. The highest BCUT2D eigenvalue weighted by molar-refractivity contribution is 5.56. The topological polar surface area (TPSA) is 3.88 Å². The third kappa shape index (κ3) is 1.67. The van der Waals surface area contributed by atoms with Gasteiger partial charge in [-0.15, -0.1) is 0 Å². The van der Waals surface area contributed by atoms with Gasteiger partial charge in [-0.25, -0.2) is 4.57 Å². The summed E-state index contributed by atoms with van der Waals surface area (Å²) in [6.07, 6.45) is 2.09. The molecular weight excluding hydrogens is 170 g/mol. The summed E-state index contributed by atoms with van der Waals surface area (Å²) in [5.41, 5.74) is 3.81. The molecule has 0 radical (unpaired) electrons. The Morgan fingerprint density at radius 2 is 1.71 bits per heavy atom. The lowest BCUT2D eigenvalue weighted by atomic mass is 10.1. The minimum Gasteiger partial charge on any atom is -0.201 e. The number of hydrogen-bond donors (Lipinski definition) is 0. The number of hydrogen-bond acceptors (Lipinski definition) is 0. The number of aromatic nitrogens is 1. The third-order valence-electron chi connectivity index (χ3n) is 2.37. The van der Waals surface area contributed by atoms with E-state index in [2.05, 4.69) is 61.1 Å². The van der Waals surface area contributed by atoms with E-state index in [0.29, 0.717) is 0 Å². The lowest BCUT2D eigenvalue weighted by Gasteiger charge is -2.00. The first-order valence-corrected chi connectivity index (χ1v) is 4.79. The van der Waals surface area contributed by atoms with Crippen molar-refractivity contribution in [2.24, 2.45) is 7.05 Å². The minimum absolute atomic E-state index is 1.26. The van der Waals surface area contributed by atoms with Crippen LogP contribution in [-0.2, 0) is 7.05 Å². The summed E-state index contributed by atoms with van der Waals surface area (Å²) in [6, 6.07) is 14.8. The summed E-state index contributed by atoms with van der Waals surface area (Å²) in [5.74, 6) is 0. The lowest BCUT2D eigenvalue weighted by molar-refractivity contribution is -0.660. The van der Waals surface area contributed by atoms with Crippen LogP contribution in [0.2, 0.25) is 0 Å². The average molecular weight is 184 g/mol. The first-order chi connectivity index (χ1) is 6.77. The van der Waals surface area contributed by atoms with Crippen LogP contribution >= 0.6 is 0 Å². The number of benzene rings is 1. The molecule has 0 atom stereocenters. The maximum atomic E-state index is 2.20. The fourth-order valence-corrected chi connectivity index (χ4v) is 1.57. The number of aryl methyl sites for hydroxylation is 2. The fourth-order valence-electron chi connectivity index (χ4n) is 1.57. The second-order valence-corrected chi connectivity index (χ2v) is 3.57. The van der Waals surface area contributed by atoms with Gasteiger partial charge in [0, 0.05) is 17.7 Å². The second-order valence-electron chi connectivity index (χ2n) is 3.57. The van der Waals surface area contributed by atoms with Crippen LogP contribution in [-0.4, -0.2) is 0 Å². The molecule has 0 aliphatic carbocycles. The molecule has 0 saturated carbocycles. The molecule has 1 aromatic heterocycles. The van der Waals surface area contributed by atoms with Crippen molar-refractivity contribution in [3.8, 4) is 11.3 Å². The molecular formula is C13H14N+. The van der Waals surface area contributed by atoms with Gasteiger partial charge in [0.1, 0.15) is 7.05 Å². The quantitative estimate of drug-likeness (QED) is 0.599. The molecule has 1 aromatic carbocycles. The van der Waals surface area contributed by atoms with Crippen LogP contribution in [0.1, 0.15) is 5.56 Å². The SMILES string of the molecule is Cc1cc[n+](C)c(-c2ccccc2)c1. The van der Waals surface area contributed by atoms with Crippen LogP contribution in [0, 0.1) is 6.92 Å². The van der Waals surface area contributed by atoms with Gasteiger partial charge in [0.15, 0.2) is 6.20 Å². The lowest BCUT2D eigenvalue weighted by Crippen LogP contribution is -2.30. The van der Waals surface area contributed by atoms with Crippen LogP contribution in [0.15, 0.2) is 48.7 Å². The Morgan fingerprint density at radius 3 is 2.43 bits per heavy atom. The van der Waals surface area contributed by atoms with Crippen molar-refractivity contribution in [1.82, 2.24) is 0 Å². The molecule has 0 aliphatic heterocycles. The largest absolute Gasteiger partial charge is 0.212 e. The van der Waals surface area contributed by atoms with Gasteiger partial charge >= 0.3 is 0 Å². The summed E-state index contributed by atoms with van der Waals surface area (Å²) in [7, 11) is 2.07. The van der Waals surface area contributed by atoms with Crippen LogP contribution in [0.4, 0.5) is 0 Å².